The van der Waals surface area contributed by atoms with Crippen LogP contribution in [0.4, 0.5) is 0 Å². The van der Waals surface area contributed by atoms with Gasteiger partial charge < -0.3 is 23.9 Å². The molecule has 2 aromatic heterocycles. The number of pyridine rings is 1. The molecule has 0 fully saturated rings. The zero-order chi connectivity index (χ0) is 22.2. The number of carbonyl (C=O) groups excluding carboxylic acids is 2. The fourth-order valence-corrected chi connectivity index (χ4v) is 3.10. The lowest BCUT2D eigenvalue weighted by Crippen LogP contribution is -2.30. The summed E-state index contributed by atoms with van der Waals surface area (Å²) in [6, 6.07) is 11.3. The van der Waals surface area contributed by atoms with E-state index < -0.39 is 5.97 Å². The lowest BCUT2D eigenvalue weighted by atomic mass is 10.1. The van der Waals surface area contributed by atoms with Crippen LogP contribution >= 0.6 is 0 Å². The Morgan fingerprint density at radius 3 is 2.58 bits per heavy atom. The Morgan fingerprint density at radius 1 is 1.06 bits per heavy atom. The molecule has 0 radical (unpaired) electrons. The first-order valence-electron chi connectivity index (χ1n) is 10.3. The van der Waals surface area contributed by atoms with Crippen molar-refractivity contribution in [3.05, 3.63) is 59.5 Å². The lowest BCUT2D eigenvalue weighted by Gasteiger charge is -2.12. The van der Waals surface area contributed by atoms with Gasteiger partial charge in [0.05, 0.1) is 13.2 Å². The molecule has 2 heterocycles. The van der Waals surface area contributed by atoms with Crippen molar-refractivity contribution in [3.8, 4) is 11.5 Å². The van der Waals surface area contributed by atoms with E-state index in [-0.39, 0.29) is 18.2 Å². The second-order valence-corrected chi connectivity index (χ2v) is 6.84. The molecule has 0 unspecified atom stereocenters. The molecule has 0 aliphatic rings. The molecule has 0 bridgehead atoms. The highest BCUT2D eigenvalue weighted by atomic mass is 16.5. The van der Waals surface area contributed by atoms with Crippen LogP contribution in [-0.4, -0.2) is 47.6 Å². The minimum absolute atomic E-state index is 0.167. The highest BCUT2D eigenvalue weighted by Gasteiger charge is 2.15. The average molecular weight is 425 g/mol. The van der Waals surface area contributed by atoms with Crippen LogP contribution in [0.25, 0.3) is 5.65 Å². The van der Waals surface area contributed by atoms with Gasteiger partial charge in [-0.25, -0.2) is 9.78 Å². The van der Waals surface area contributed by atoms with Crippen molar-refractivity contribution in [1.29, 1.82) is 0 Å². The van der Waals surface area contributed by atoms with Crippen LogP contribution in [0.3, 0.4) is 0 Å². The molecule has 8 nitrogen and oxygen atoms in total. The molecular formula is C23H27N3O5. The molecule has 0 spiro atoms. The molecular weight excluding hydrogens is 398 g/mol. The number of amides is 1. The van der Waals surface area contributed by atoms with Crippen molar-refractivity contribution in [2.45, 2.75) is 27.2 Å². The van der Waals surface area contributed by atoms with Crippen LogP contribution in [0.15, 0.2) is 42.6 Å². The Bertz CT molecular complexity index is 1060. The molecule has 8 heteroatoms. The van der Waals surface area contributed by atoms with Gasteiger partial charge in [-0.2, -0.15) is 0 Å². The van der Waals surface area contributed by atoms with Crippen molar-refractivity contribution in [2.24, 2.45) is 0 Å². The predicted octanol–water partition coefficient (Wildman–Crippen LogP) is 2.96. The number of fused-ring (bicyclic) bond motifs is 1. The molecule has 31 heavy (non-hydrogen) atoms. The molecule has 0 saturated carbocycles. The molecule has 1 N–H and O–H groups in total. The summed E-state index contributed by atoms with van der Waals surface area (Å²) in [5, 5.41) is 2.75. The number of benzene rings is 1. The lowest BCUT2D eigenvalue weighted by molar-refractivity contribution is -0.124. The number of carbonyl (C=O) groups is 2. The van der Waals surface area contributed by atoms with Crippen LogP contribution in [0, 0.1) is 6.92 Å². The highest BCUT2D eigenvalue weighted by molar-refractivity contribution is 5.90. The first-order chi connectivity index (χ1) is 15.0. The van der Waals surface area contributed by atoms with E-state index in [1.807, 2.05) is 51.1 Å². The minimum atomic E-state index is -0.633. The summed E-state index contributed by atoms with van der Waals surface area (Å²) in [5.74, 6) is 0.381. The normalized spacial score (nSPS) is 10.7. The third-order valence-electron chi connectivity index (χ3n) is 4.58. The second-order valence-electron chi connectivity index (χ2n) is 6.84. The second kappa shape index (κ2) is 10.5. The zero-order valence-corrected chi connectivity index (χ0v) is 18.0. The van der Waals surface area contributed by atoms with E-state index in [9.17, 15) is 9.59 Å². The largest absolute Gasteiger partial charge is 0.490 e. The number of nitrogens with zero attached hydrogens (tertiary/aromatic N) is 2. The number of aryl methyl sites for hydroxylation is 1. The van der Waals surface area contributed by atoms with Gasteiger partial charge in [0.1, 0.15) is 5.65 Å². The first kappa shape index (κ1) is 22.1. The van der Waals surface area contributed by atoms with Gasteiger partial charge in [-0.15, -0.1) is 0 Å². The summed E-state index contributed by atoms with van der Waals surface area (Å²) < 4.78 is 18.1. The van der Waals surface area contributed by atoms with Crippen LogP contribution in [-0.2, 0) is 16.0 Å². The molecule has 3 rings (SSSR count). The number of ether oxygens (including phenoxy) is 3. The molecule has 1 aromatic carbocycles. The molecule has 164 valence electrons. The topological polar surface area (TPSA) is 91.2 Å². The number of rotatable bonds is 10. The van der Waals surface area contributed by atoms with E-state index in [1.165, 1.54) is 0 Å². The summed E-state index contributed by atoms with van der Waals surface area (Å²) in [6.45, 7) is 6.89. The molecule has 0 aliphatic carbocycles. The van der Waals surface area contributed by atoms with E-state index in [2.05, 4.69) is 10.3 Å². The molecule has 1 amide bonds. The van der Waals surface area contributed by atoms with Crippen molar-refractivity contribution in [1.82, 2.24) is 14.7 Å². The van der Waals surface area contributed by atoms with Crippen molar-refractivity contribution in [2.75, 3.05) is 26.4 Å². The van der Waals surface area contributed by atoms with E-state index in [0.29, 0.717) is 43.3 Å². The van der Waals surface area contributed by atoms with Gasteiger partial charge in [-0.3, -0.25) is 4.79 Å². The highest BCUT2D eigenvalue weighted by Crippen LogP contribution is 2.28. The van der Waals surface area contributed by atoms with Crippen LogP contribution in [0.5, 0.6) is 11.5 Å². The molecule has 0 aliphatic heterocycles. The predicted molar refractivity (Wildman–Crippen MR) is 116 cm³/mol. The maximum atomic E-state index is 12.2. The SMILES string of the molecule is CCOc1ccc(CCNC(=O)COC(=O)c2cn3c(C)cccc3n2)cc1OCC. The molecule has 0 atom stereocenters. The van der Waals surface area contributed by atoms with E-state index in [4.69, 9.17) is 14.2 Å². The third-order valence-corrected chi connectivity index (χ3v) is 4.58. The Balaban J connectivity index is 1.47. The maximum absolute atomic E-state index is 12.2. The van der Waals surface area contributed by atoms with Gasteiger partial charge in [-0.05, 0) is 57.0 Å². The van der Waals surface area contributed by atoms with Gasteiger partial charge in [0.25, 0.3) is 5.91 Å². The monoisotopic (exact) mass is 425 g/mol. The third kappa shape index (κ3) is 5.75. The van der Waals surface area contributed by atoms with Gasteiger partial charge >= 0.3 is 5.97 Å². The Kier molecular flexibility index (Phi) is 7.48. The summed E-state index contributed by atoms with van der Waals surface area (Å²) in [7, 11) is 0. The van der Waals surface area contributed by atoms with Gasteiger partial charge in [0.2, 0.25) is 0 Å². The number of imidazole rings is 1. The zero-order valence-electron chi connectivity index (χ0n) is 18.0. The minimum Gasteiger partial charge on any atom is -0.490 e. The first-order valence-corrected chi connectivity index (χ1v) is 10.3. The molecule has 0 saturated heterocycles. The summed E-state index contributed by atoms with van der Waals surface area (Å²) in [6.07, 6.45) is 2.21. The van der Waals surface area contributed by atoms with Crippen molar-refractivity contribution in [3.63, 3.8) is 0 Å². The summed E-state index contributed by atoms with van der Waals surface area (Å²) >= 11 is 0. The van der Waals surface area contributed by atoms with Crippen LogP contribution < -0.4 is 14.8 Å². The maximum Gasteiger partial charge on any atom is 0.359 e. The average Bonchev–Trinajstić information content (AvgIpc) is 3.20. The Hall–Kier alpha value is -3.55. The van der Waals surface area contributed by atoms with E-state index in [0.717, 1.165) is 11.3 Å². The number of esters is 1. The number of hydrogen-bond acceptors (Lipinski definition) is 6. The van der Waals surface area contributed by atoms with Crippen LogP contribution in [0.1, 0.15) is 35.6 Å². The number of hydrogen-bond donors (Lipinski definition) is 1. The Labute approximate surface area is 181 Å². The van der Waals surface area contributed by atoms with Gasteiger partial charge in [-0.1, -0.05) is 12.1 Å². The van der Waals surface area contributed by atoms with Gasteiger partial charge in [0, 0.05) is 18.4 Å². The van der Waals surface area contributed by atoms with Crippen molar-refractivity contribution < 1.29 is 23.8 Å². The molecule has 3 aromatic rings. The quantitative estimate of drug-likeness (QED) is 0.502. The Morgan fingerprint density at radius 2 is 1.84 bits per heavy atom. The summed E-state index contributed by atoms with van der Waals surface area (Å²) in [4.78, 5) is 28.5. The van der Waals surface area contributed by atoms with Crippen LogP contribution in [0.2, 0.25) is 0 Å². The number of aromatic nitrogens is 2. The fraction of sp³-hybridized carbons (Fsp3) is 0.348. The van der Waals surface area contributed by atoms with E-state index >= 15 is 0 Å². The number of nitrogens with one attached hydrogen (secondary N) is 1. The smallest absolute Gasteiger partial charge is 0.359 e. The van der Waals surface area contributed by atoms with Gasteiger partial charge in [0.15, 0.2) is 23.8 Å². The van der Waals surface area contributed by atoms with E-state index in [1.54, 1.807) is 16.7 Å². The standard InChI is InChI=1S/C23H27N3O5/c1-4-29-19-10-9-17(13-20(19)30-5-2)11-12-24-22(27)15-31-23(28)18-14-26-16(3)7-6-8-21(26)25-18/h6-10,13-14H,4-5,11-12,15H2,1-3H3,(H,24,27). The van der Waals surface area contributed by atoms with Crippen molar-refractivity contribution >= 4 is 17.5 Å². The fourth-order valence-electron chi connectivity index (χ4n) is 3.10. The summed E-state index contributed by atoms with van der Waals surface area (Å²) in [5.41, 5.74) is 2.77.